The molecule has 0 aliphatic carbocycles. The van der Waals surface area contributed by atoms with Gasteiger partial charge in [0.2, 0.25) is 0 Å². The molecule has 1 N–H and O–H groups in total. The minimum atomic E-state index is -1.02. The molecular weight excluding hydrogens is 488 g/mol. The molecule has 0 saturated carbocycles. The number of benzene rings is 2. The van der Waals surface area contributed by atoms with Crippen LogP contribution in [0.1, 0.15) is 17.5 Å². The predicted octanol–water partition coefficient (Wildman–Crippen LogP) is 4.04. The second kappa shape index (κ2) is 8.33. The van der Waals surface area contributed by atoms with E-state index in [4.69, 9.17) is 17.3 Å². The van der Waals surface area contributed by atoms with Crippen molar-refractivity contribution in [1.29, 1.82) is 0 Å². The molecule has 2 aromatic rings. The average molecular weight is 503 g/mol. The molecule has 0 aromatic heterocycles. The standard InChI is InChI=1S/C21H15BrN2O4S2/c22-13-6-7-15-14(10-13)17(19(27)24(15)11-12-4-2-1-3-5-12)18-20(28)23(21(29)30-18)9-8-16(25)26/h1-7,10H,8-9,11H2,(H,25,26)/b18-17-. The lowest BCUT2D eigenvalue weighted by molar-refractivity contribution is -0.137. The molecule has 2 heterocycles. The fraction of sp³-hybridized carbons (Fsp3) is 0.143. The number of aliphatic carboxylic acids is 1. The highest BCUT2D eigenvalue weighted by molar-refractivity contribution is 9.10. The molecule has 9 heteroatoms. The van der Waals surface area contributed by atoms with Crippen molar-refractivity contribution < 1.29 is 19.5 Å². The van der Waals surface area contributed by atoms with E-state index < -0.39 is 11.9 Å². The number of carbonyl (C=O) groups is 3. The largest absolute Gasteiger partial charge is 0.481 e. The smallest absolute Gasteiger partial charge is 0.305 e. The maximum absolute atomic E-state index is 13.4. The maximum atomic E-state index is 13.4. The molecule has 1 fully saturated rings. The van der Waals surface area contributed by atoms with Crippen molar-refractivity contribution >= 4 is 73.3 Å². The number of nitrogens with zero attached hydrogens (tertiary/aromatic N) is 2. The molecule has 2 aromatic carbocycles. The van der Waals surface area contributed by atoms with Gasteiger partial charge in [-0.05, 0) is 23.8 Å². The minimum Gasteiger partial charge on any atom is -0.481 e. The molecule has 2 aliphatic heterocycles. The topological polar surface area (TPSA) is 77.9 Å². The van der Waals surface area contributed by atoms with Crippen LogP contribution in [0.4, 0.5) is 5.69 Å². The van der Waals surface area contributed by atoms with Crippen LogP contribution in [0.2, 0.25) is 0 Å². The molecule has 152 valence electrons. The van der Waals surface area contributed by atoms with Gasteiger partial charge in [0, 0.05) is 16.6 Å². The number of hydrogen-bond acceptors (Lipinski definition) is 5. The summed E-state index contributed by atoms with van der Waals surface area (Å²) in [6.45, 7) is 0.348. The summed E-state index contributed by atoms with van der Waals surface area (Å²) in [4.78, 5) is 40.5. The summed E-state index contributed by atoms with van der Waals surface area (Å²) in [5.41, 5.74) is 2.65. The molecule has 0 bridgehead atoms. The first-order valence-corrected chi connectivity index (χ1v) is 11.0. The summed E-state index contributed by atoms with van der Waals surface area (Å²) >= 11 is 9.77. The van der Waals surface area contributed by atoms with Crippen molar-refractivity contribution in [2.45, 2.75) is 13.0 Å². The highest BCUT2D eigenvalue weighted by Gasteiger charge is 2.42. The van der Waals surface area contributed by atoms with Crippen LogP contribution >= 0.6 is 39.9 Å². The van der Waals surface area contributed by atoms with Gasteiger partial charge in [-0.1, -0.05) is 70.2 Å². The Balaban J connectivity index is 1.76. The van der Waals surface area contributed by atoms with Crippen molar-refractivity contribution in [2.75, 3.05) is 11.4 Å². The summed E-state index contributed by atoms with van der Waals surface area (Å²) < 4.78 is 1.05. The van der Waals surface area contributed by atoms with Crippen LogP contribution in [-0.2, 0) is 20.9 Å². The van der Waals surface area contributed by atoms with Gasteiger partial charge in [0.1, 0.15) is 4.32 Å². The van der Waals surface area contributed by atoms with Gasteiger partial charge < -0.3 is 10.0 Å². The third-order valence-electron chi connectivity index (χ3n) is 4.79. The van der Waals surface area contributed by atoms with Gasteiger partial charge in [0.05, 0.1) is 29.1 Å². The van der Waals surface area contributed by atoms with E-state index in [9.17, 15) is 14.4 Å². The molecule has 0 radical (unpaired) electrons. The third kappa shape index (κ3) is 3.80. The summed E-state index contributed by atoms with van der Waals surface area (Å²) in [6.07, 6.45) is -0.217. The zero-order valence-corrected chi connectivity index (χ0v) is 18.7. The van der Waals surface area contributed by atoms with Gasteiger partial charge in [-0.25, -0.2) is 0 Å². The molecule has 0 atom stereocenters. The first kappa shape index (κ1) is 20.8. The molecule has 0 spiro atoms. The van der Waals surface area contributed by atoms with Crippen molar-refractivity contribution in [1.82, 2.24) is 4.90 Å². The molecule has 30 heavy (non-hydrogen) atoms. The average Bonchev–Trinajstić information content (AvgIpc) is 3.13. The molecule has 0 unspecified atom stereocenters. The van der Waals surface area contributed by atoms with Gasteiger partial charge in [-0.15, -0.1) is 0 Å². The highest BCUT2D eigenvalue weighted by atomic mass is 79.9. The van der Waals surface area contributed by atoms with Crippen molar-refractivity contribution in [2.24, 2.45) is 0 Å². The van der Waals surface area contributed by atoms with Crippen LogP contribution in [0.15, 0.2) is 57.9 Å². The Morgan fingerprint density at radius 3 is 2.50 bits per heavy atom. The van der Waals surface area contributed by atoms with Crippen LogP contribution in [0.3, 0.4) is 0 Å². The Kier molecular flexibility index (Phi) is 5.77. The number of halogens is 1. The van der Waals surface area contributed by atoms with Gasteiger partial charge in [0.25, 0.3) is 11.8 Å². The number of thiocarbonyl (C=S) groups is 1. The monoisotopic (exact) mass is 502 g/mol. The Hall–Kier alpha value is -2.49. The molecule has 4 rings (SSSR count). The molecule has 6 nitrogen and oxygen atoms in total. The van der Waals surface area contributed by atoms with E-state index in [1.807, 2.05) is 48.5 Å². The summed E-state index contributed by atoms with van der Waals surface area (Å²) in [5, 5.41) is 8.94. The number of hydrogen-bond donors (Lipinski definition) is 1. The molecule has 2 amide bonds. The van der Waals surface area contributed by atoms with E-state index in [-0.39, 0.29) is 28.1 Å². The van der Waals surface area contributed by atoms with Crippen LogP contribution in [0.25, 0.3) is 5.57 Å². The Bertz CT molecular complexity index is 1120. The van der Waals surface area contributed by atoms with E-state index >= 15 is 0 Å². The second-order valence-corrected chi connectivity index (χ2v) is 9.27. The Morgan fingerprint density at radius 2 is 1.80 bits per heavy atom. The number of carboxylic acid groups (broad SMARTS) is 1. The Labute approximate surface area is 190 Å². The van der Waals surface area contributed by atoms with Crippen molar-refractivity contribution in [3.63, 3.8) is 0 Å². The fourth-order valence-corrected chi connectivity index (χ4v) is 5.14. The number of fused-ring (bicyclic) bond motifs is 1. The van der Waals surface area contributed by atoms with E-state index in [0.717, 1.165) is 27.5 Å². The normalized spacial score (nSPS) is 18.4. The molecule has 1 saturated heterocycles. The van der Waals surface area contributed by atoms with E-state index in [1.54, 1.807) is 4.90 Å². The SMILES string of the molecule is O=C(O)CCN1C(=O)/C(=C2/C(=O)N(Cc3ccccc3)c3ccc(Br)cc32)SC1=S. The van der Waals surface area contributed by atoms with E-state index in [0.29, 0.717) is 17.7 Å². The number of rotatable bonds is 5. The molecular formula is C21H15BrN2O4S2. The summed E-state index contributed by atoms with van der Waals surface area (Å²) in [5.74, 6) is -1.72. The van der Waals surface area contributed by atoms with Gasteiger partial charge in [-0.3, -0.25) is 19.3 Å². The quantitative estimate of drug-likeness (QED) is 0.490. The lowest BCUT2D eigenvalue weighted by Crippen LogP contribution is -2.31. The van der Waals surface area contributed by atoms with E-state index in [2.05, 4.69) is 15.9 Å². The van der Waals surface area contributed by atoms with Crippen molar-refractivity contribution in [3.8, 4) is 0 Å². The van der Waals surface area contributed by atoms with Crippen LogP contribution < -0.4 is 4.90 Å². The van der Waals surface area contributed by atoms with Crippen LogP contribution in [0, 0.1) is 0 Å². The predicted molar refractivity (Wildman–Crippen MR) is 123 cm³/mol. The second-order valence-electron chi connectivity index (χ2n) is 6.71. The maximum Gasteiger partial charge on any atom is 0.305 e. The first-order valence-electron chi connectivity index (χ1n) is 9.02. The summed E-state index contributed by atoms with van der Waals surface area (Å²) in [7, 11) is 0. The number of thioether (sulfide) groups is 1. The zero-order valence-electron chi connectivity index (χ0n) is 15.5. The summed E-state index contributed by atoms with van der Waals surface area (Å²) in [6, 6.07) is 15.1. The first-order chi connectivity index (χ1) is 14.4. The lowest BCUT2D eigenvalue weighted by atomic mass is 10.1. The van der Waals surface area contributed by atoms with Gasteiger partial charge in [0.15, 0.2) is 0 Å². The number of carbonyl (C=O) groups excluding carboxylic acids is 2. The van der Waals surface area contributed by atoms with Crippen LogP contribution in [-0.4, -0.2) is 38.7 Å². The van der Waals surface area contributed by atoms with Gasteiger partial charge >= 0.3 is 5.97 Å². The minimum absolute atomic E-state index is 0.0238. The van der Waals surface area contributed by atoms with Gasteiger partial charge in [-0.2, -0.15) is 0 Å². The fourth-order valence-electron chi connectivity index (χ4n) is 3.40. The number of anilines is 1. The molecule has 2 aliphatic rings. The van der Waals surface area contributed by atoms with Crippen LogP contribution in [0.5, 0.6) is 0 Å². The number of carboxylic acids is 1. The zero-order chi connectivity index (χ0) is 21.4. The lowest BCUT2D eigenvalue weighted by Gasteiger charge is -2.17. The van der Waals surface area contributed by atoms with Crippen molar-refractivity contribution in [3.05, 3.63) is 69.0 Å². The Morgan fingerprint density at radius 1 is 1.07 bits per heavy atom. The van der Waals surface area contributed by atoms with E-state index in [1.165, 1.54) is 4.90 Å². The highest BCUT2D eigenvalue weighted by Crippen LogP contribution is 2.45. The number of amides is 2. The third-order valence-corrected chi connectivity index (χ3v) is 6.73.